The molecule has 3 aromatic rings. The Morgan fingerprint density at radius 1 is 1.17 bits per heavy atom. The van der Waals surface area contributed by atoms with Crippen molar-refractivity contribution in [3.8, 4) is 0 Å². The first kappa shape index (κ1) is 14.5. The van der Waals surface area contributed by atoms with Crippen LogP contribution in [0, 0.1) is 0 Å². The number of rotatable bonds is 3. The van der Waals surface area contributed by atoms with Gasteiger partial charge in [0.15, 0.2) is 11.5 Å². The van der Waals surface area contributed by atoms with Crippen LogP contribution in [-0.4, -0.2) is 42.2 Å². The second-order valence-electron chi connectivity index (χ2n) is 6.88. The van der Waals surface area contributed by atoms with Crippen molar-refractivity contribution in [1.82, 2.24) is 29.1 Å². The number of hydrogen-bond acceptors (Lipinski definition) is 6. The lowest BCUT2D eigenvalue weighted by Gasteiger charge is -2.30. The predicted octanol–water partition coefficient (Wildman–Crippen LogP) is 2.45. The summed E-state index contributed by atoms with van der Waals surface area (Å²) in [5, 5.41) is 15.8. The number of piperidine rings is 1. The molecule has 0 spiro atoms. The third kappa shape index (κ3) is 2.52. The molecule has 5 rings (SSSR count). The Bertz CT molecular complexity index is 847. The van der Waals surface area contributed by atoms with Crippen LogP contribution >= 0.6 is 11.5 Å². The average Bonchev–Trinajstić information content (AvgIpc) is 3.34. The summed E-state index contributed by atoms with van der Waals surface area (Å²) in [5.41, 5.74) is 4.84. The lowest BCUT2D eigenvalue weighted by Crippen LogP contribution is -2.33. The van der Waals surface area contributed by atoms with Crippen LogP contribution in [-0.2, 0) is 19.4 Å². The third-order valence-corrected chi connectivity index (χ3v) is 5.92. The maximum absolute atomic E-state index is 4.84. The second kappa shape index (κ2) is 5.89. The highest BCUT2D eigenvalue weighted by molar-refractivity contribution is 7.03. The second-order valence-corrected chi connectivity index (χ2v) is 7.54. The molecule has 0 amide bonds. The highest BCUT2D eigenvalue weighted by Crippen LogP contribution is 2.29. The molecular weight excluding hydrogens is 320 g/mol. The van der Waals surface area contributed by atoms with E-state index in [1.54, 1.807) is 0 Å². The molecule has 124 valence electrons. The van der Waals surface area contributed by atoms with Crippen LogP contribution in [0.15, 0.2) is 17.6 Å². The minimum Gasteiger partial charge on any atom is -0.299 e. The maximum Gasteiger partial charge on any atom is 0.178 e. The van der Waals surface area contributed by atoms with Crippen LogP contribution in [0.2, 0.25) is 0 Å². The van der Waals surface area contributed by atoms with E-state index < -0.39 is 0 Å². The standard InChI is InChI=1S/C17H20N6S/c1-2-14-8-16-19-20-17(23(16)21-15(14)3-1)13-4-6-22(7-5-13)10-12-9-18-24-11-12/h8-9,11,13H,1-7,10H2. The topological polar surface area (TPSA) is 59.2 Å². The van der Waals surface area contributed by atoms with Crippen molar-refractivity contribution >= 4 is 17.2 Å². The molecule has 0 atom stereocenters. The van der Waals surface area contributed by atoms with Crippen LogP contribution in [0.4, 0.5) is 0 Å². The van der Waals surface area contributed by atoms with E-state index in [-0.39, 0.29) is 0 Å². The predicted molar refractivity (Wildman–Crippen MR) is 92.2 cm³/mol. The Morgan fingerprint density at radius 3 is 2.92 bits per heavy atom. The van der Waals surface area contributed by atoms with E-state index in [9.17, 15) is 0 Å². The molecule has 24 heavy (non-hydrogen) atoms. The number of nitrogens with zero attached hydrogens (tertiary/aromatic N) is 6. The first-order chi connectivity index (χ1) is 11.9. The fourth-order valence-corrected chi connectivity index (χ4v) is 4.49. The summed E-state index contributed by atoms with van der Waals surface area (Å²) in [6.45, 7) is 3.20. The van der Waals surface area contributed by atoms with Crippen LogP contribution in [0.5, 0.6) is 0 Å². The monoisotopic (exact) mass is 340 g/mol. The molecule has 2 aliphatic rings. The molecule has 0 radical (unpaired) electrons. The summed E-state index contributed by atoms with van der Waals surface area (Å²) in [6.07, 6.45) is 7.67. The molecule has 4 heterocycles. The van der Waals surface area contributed by atoms with Gasteiger partial charge >= 0.3 is 0 Å². The van der Waals surface area contributed by atoms with E-state index in [4.69, 9.17) is 5.10 Å². The molecule has 0 bridgehead atoms. The minimum atomic E-state index is 0.462. The summed E-state index contributed by atoms with van der Waals surface area (Å²) in [6, 6.07) is 2.19. The molecule has 1 aliphatic heterocycles. The first-order valence-electron chi connectivity index (χ1n) is 8.71. The van der Waals surface area contributed by atoms with Gasteiger partial charge in [-0.2, -0.15) is 9.61 Å². The number of aromatic nitrogens is 5. The molecule has 0 unspecified atom stereocenters. The van der Waals surface area contributed by atoms with E-state index in [0.29, 0.717) is 5.92 Å². The van der Waals surface area contributed by atoms with Gasteiger partial charge in [0.2, 0.25) is 0 Å². The number of likely N-dealkylation sites (tertiary alicyclic amines) is 1. The van der Waals surface area contributed by atoms with Crippen molar-refractivity contribution in [3.63, 3.8) is 0 Å². The van der Waals surface area contributed by atoms with Gasteiger partial charge in [0, 0.05) is 24.0 Å². The summed E-state index contributed by atoms with van der Waals surface area (Å²) in [7, 11) is 0. The van der Waals surface area contributed by atoms with Crippen LogP contribution in [0.25, 0.3) is 5.65 Å². The number of aryl methyl sites for hydroxylation is 2. The van der Waals surface area contributed by atoms with E-state index in [0.717, 1.165) is 56.8 Å². The van der Waals surface area contributed by atoms with Gasteiger partial charge in [0.05, 0.1) is 5.69 Å². The molecule has 0 aromatic carbocycles. The van der Waals surface area contributed by atoms with Gasteiger partial charge in [-0.1, -0.05) is 0 Å². The Balaban J connectivity index is 1.34. The van der Waals surface area contributed by atoms with Gasteiger partial charge in [0.25, 0.3) is 0 Å². The highest BCUT2D eigenvalue weighted by Gasteiger charge is 2.26. The minimum absolute atomic E-state index is 0.462. The number of fused-ring (bicyclic) bond motifs is 2. The van der Waals surface area contributed by atoms with E-state index in [1.807, 2.05) is 10.7 Å². The molecule has 7 heteroatoms. The normalized spacial score (nSPS) is 19.2. The first-order valence-corrected chi connectivity index (χ1v) is 9.55. The fourth-order valence-electron chi connectivity index (χ4n) is 3.96. The smallest absolute Gasteiger partial charge is 0.178 e. The average molecular weight is 340 g/mol. The van der Waals surface area contributed by atoms with Gasteiger partial charge in [-0.3, -0.25) is 4.90 Å². The molecule has 6 nitrogen and oxygen atoms in total. The van der Waals surface area contributed by atoms with Crippen LogP contribution in [0.3, 0.4) is 0 Å². The van der Waals surface area contributed by atoms with E-state index >= 15 is 0 Å². The SMILES string of the molecule is c1nscc1CN1CCC(c2nnc3cc4c(nn23)CCC4)CC1. The highest BCUT2D eigenvalue weighted by atomic mass is 32.1. The Labute approximate surface area is 144 Å². The molecule has 1 saturated heterocycles. The van der Waals surface area contributed by atoms with Gasteiger partial charge in [0.1, 0.15) is 0 Å². The molecule has 1 aliphatic carbocycles. The molecule has 0 saturated carbocycles. The quantitative estimate of drug-likeness (QED) is 0.733. The van der Waals surface area contributed by atoms with Gasteiger partial charge in [-0.05, 0) is 73.9 Å². The Hall–Kier alpha value is -1.86. The molecular formula is C17H20N6S. The van der Waals surface area contributed by atoms with Crippen molar-refractivity contribution in [1.29, 1.82) is 0 Å². The zero-order valence-electron chi connectivity index (χ0n) is 13.6. The fraction of sp³-hybridized carbons (Fsp3) is 0.529. The summed E-state index contributed by atoms with van der Waals surface area (Å²) in [4.78, 5) is 2.51. The molecule has 3 aromatic heterocycles. The van der Waals surface area contributed by atoms with Crippen molar-refractivity contribution in [2.75, 3.05) is 13.1 Å². The van der Waals surface area contributed by atoms with E-state index in [1.165, 1.54) is 34.8 Å². The summed E-state index contributed by atoms with van der Waals surface area (Å²) >= 11 is 1.53. The lowest BCUT2D eigenvalue weighted by atomic mass is 9.96. The van der Waals surface area contributed by atoms with Crippen LogP contribution < -0.4 is 0 Å². The lowest BCUT2D eigenvalue weighted by molar-refractivity contribution is 0.201. The Kier molecular flexibility index (Phi) is 3.56. The van der Waals surface area contributed by atoms with Gasteiger partial charge in [-0.15, -0.1) is 10.2 Å². The van der Waals surface area contributed by atoms with Crippen molar-refractivity contribution in [3.05, 3.63) is 40.3 Å². The zero-order chi connectivity index (χ0) is 15.9. The summed E-state index contributed by atoms with van der Waals surface area (Å²) in [5.74, 6) is 1.51. The number of hydrogen-bond donors (Lipinski definition) is 0. The van der Waals surface area contributed by atoms with Crippen molar-refractivity contribution in [2.45, 2.75) is 44.6 Å². The molecule has 1 fully saturated rings. The van der Waals surface area contributed by atoms with Gasteiger partial charge < -0.3 is 0 Å². The van der Waals surface area contributed by atoms with Gasteiger partial charge in [-0.25, -0.2) is 4.37 Å². The zero-order valence-corrected chi connectivity index (χ0v) is 14.4. The Morgan fingerprint density at radius 2 is 2.08 bits per heavy atom. The molecule has 0 N–H and O–H groups in total. The van der Waals surface area contributed by atoms with Crippen molar-refractivity contribution < 1.29 is 0 Å². The van der Waals surface area contributed by atoms with Crippen molar-refractivity contribution in [2.24, 2.45) is 0 Å². The largest absolute Gasteiger partial charge is 0.299 e. The van der Waals surface area contributed by atoms with E-state index in [2.05, 4.69) is 30.9 Å². The summed E-state index contributed by atoms with van der Waals surface area (Å²) < 4.78 is 6.20. The van der Waals surface area contributed by atoms with Crippen LogP contribution in [0.1, 0.15) is 47.8 Å². The maximum atomic E-state index is 4.84. The third-order valence-electron chi connectivity index (χ3n) is 5.29.